The minimum Gasteiger partial charge on any atom is -0.0833 e. The second-order valence-electron chi connectivity index (χ2n) is 1.63. The molecule has 7 heavy (non-hydrogen) atoms. The van der Waals surface area contributed by atoms with Crippen LogP contribution in [0.1, 0.15) is 12.8 Å². The maximum absolute atomic E-state index is 3.49. The molecule has 0 fully saturated rings. The molecule has 0 amide bonds. The van der Waals surface area contributed by atoms with Gasteiger partial charge in [0.15, 0.2) is 0 Å². The van der Waals surface area contributed by atoms with Gasteiger partial charge in [-0.1, -0.05) is 37.9 Å². The minimum atomic E-state index is 0.604. The van der Waals surface area contributed by atoms with E-state index in [1.54, 1.807) is 0 Å². The second-order valence-corrected chi connectivity index (χ2v) is 3.65. The van der Waals surface area contributed by atoms with E-state index in [0.29, 0.717) is 4.83 Å². The molecule has 1 aliphatic rings. The standard InChI is InChI=1S/C5H6Br2/c6-4-2-1-3-5(4)7/h2,5H,1,3H2. The van der Waals surface area contributed by atoms with Crippen molar-refractivity contribution in [1.29, 1.82) is 0 Å². The molecule has 0 aromatic carbocycles. The van der Waals surface area contributed by atoms with E-state index in [0.717, 1.165) is 0 Å². The zero-order chi connectivity index (χ0) is 5.28. The van der Waals surface area contributed by atoms with Crippen LogP contribution in [0.25, 0.3) is 0 Å². The van der Waals surface area contributed by atoms with Gasteiger partial charge >= 0.3 is 0 Å². The summed E-state index contributed by atoms with van der Waals surface area (Å²) in [5.41, 5.74) is 0. The molecular weight excluding hydrogens is 220 g/mol. The van der Waals surface area contributed by atoms with Crippen molar-refractivity contribution in [3.05, 3.63) is 10.6 Å². The summed E-state index contributed by atoms with van der Waals surface area (Å²) in [6, 6.07) is 0. The molecule has 0 aliphatic heterocycles. The van der Waals surface area contributed by atoms with E-state index in [4.69, 9.17) is 0 Å². The Morgan fingerprint density at radius 3 is 2.57 bits per heavy atom. The van der Waals surface area contributed by atoms with E-state index >= 15 is 0 Å². The van der Waals surface area contributed by atoms with Gasteiger partial charge in [-0.05, 0) is 12.8 Å². The Bertz CT molecular complexity index is 96.3. The van der Waals surface area contributed by atoms with Gasteiger partial charge in [0.05, 0.1) is 0 Å². The van der Waals surface area contributed by atoms with Gasteiger partial charge in [0, 0.05) is 9.31 Å². The summed E-state index contributed by atoms with van der Waals surface area (Å²) in [6.45, 7) is 0. The molecule has 2 heteroatoms. The smallest absolute Gasteiger partial charge is 0.0461 e. The first-order valence-corrected chi connectivity index (χ1v) is 4.01. The first kappa shape index (κ1) is 5.83. The minimum absolute atomic E-state index is 0.604. The number of hydrogen-bond acceptors (Lipinski definition) is 0. The summed E-state index contributed by atoms with van der Waals surface area (Å²) in [6.07, 6.45) is 4.68. The monoisotopic (exact) mass is 224 g/mol. The fraction of sp³-hybridized carbons (Fsp3) is 0.600. The van der Waals surface area contributed by atoms with E-state index in [2.05, 4.69) is 37.9 Å². The molecule has 0 nitrogen and oxygen atoms in total. The molecule has 0 bridgehead atoms. The summed E-state index contributed by atoms with van der Waals surface area (Å²) in [5.74, 6) is 0. The van der Waals surface area contributed by atoms with Crippen LogP contribution in [0.15, 0.2) is 10.6 Å². The first-order chi connectivity index (χ1) is 3.30. The maximum Gasteiger partial charge on any atom is 0.0461 e. The average molecular weight is 226 g/mol. The van der Waals surface area contributed by atoms with Gasteiger partial charge in [-0.15, -0.1) is 0 Å². The van der Waals surface area contributed by atoms with E-state index in [1.807, 2.05) is 0 Å². The summed E-state index contributed by atoms with van der Waals surface area (Å²) >= 11 is 6.91. The van der Waals surface area contributed by atoms with Crippen LogP contribution in [0.2, 0.25) is 0 Å². The van der Waals surface area contributed by atoms with E-state index in [1.165, 1.54) is 17.3 Å². The number of rotatable bonds is 0. The van der Waals surface area contributed by atoms with Gasteiger partial charge in [0.1, 0.15) is 0 Å². The van der Waals surface area contributed by atoms with Gasteiger partial charge in [-0.2, -0.15) is 0 Å². The predicted octanol–water partition coefficient (Wildman–Crippen LogP) is 2.82. The van der Waals surface area contributed by atoms with Crippen molar-refractivity contribution in [3.8, 4) is 0 Å². The third-order valence-electron chi connectivity index (χ3n) is 1.06. The molecule has 1 atom stereocenters. The van der Waals surface area contributed by atoms with Crippen molar-refractivity contribution in [2.24, 2.45) is 0 Å². The van der Waals surface area contributed by atoms with Crippen LogP contribution in [0, 0.1) is 0 Å². The topological polar surface area (TPSA) is 0 Å². The van der Waals surface area contributed by atoms with Gasteiger partial charge < -0.3 is 0 Å². The lowest BCUT2D eigenvalue weighted by Gasteiger charge is -1.94. The lowest BCUT2D eigenvalue weighted by atomic mass is 10.4. The average Bonchev–Trinajstić information content (AvgIpc) is 1.91. The highest BCUT2D eigenvalue weighted by Gasteiger charge is 2.11. The Morgan fingerprint density at radius 1 is 1.71 bits per heavy atom. The van der Waals surface area contributed by atoms with Crippen molar-refractivity contribution >= 4 is 31.9 Å². The van der Waals surface area contributed by atoms with Crippen LogP contribution in [-0.2, 0) is 0 Å². The molecule has 0 saturated carbocycles. The molecule has 0 saturated heterocycles. The van der Waals surface area contributed by atoms with Crippen molar-refractivity contribution < 1.29 is 0 Å². The molecular formula is C5H6Br2. The first-order valence-electron chi connectivity index (χ1n) is 2.30. The highest BCUT2D eigenvalue weighted by Crippen LogP contribution is 2.29. The van der Waals surface area contributed by atoms with Crippen molar-refractivity contribution in [2.45, 2.75) is 17.7 Å². The quantitative estimate of drug-likeness (QED) is 0.557. The molecule has 1 unspecified atom stereocenters. The molecule has 40 valence electrons. The Balaban J connectivity index is 2.54. The van der Waals surface area contributed by atoms with E-state index < -0.39 is 0 Å². The molecule has 0 heterocycles. The third-order valence-corrected chi connectivity index (χ3v) is 3.50. The van der Waals surface area contributed by atoms with Crippen LogP contribution in [-0.4, -0.2) is 4.83 Å². The van der Waals surface area contributed by atoms with Crippen molar-refractivity contribution in [1.82, 2.24) is 0 Å². The van der Waals surface area contributed by atoms with E-state index in [-0.39, 0.29) is 0 Å². The van der Waals surface area contributed by atoms with Crippen LogP contribution < -0.4 is 0 Å². The Morgan fingerprint density at radius 2 is 2.43 bits per heavy atom. The Kier molecular flexibility index (Phi) is 1.93. The third kappa shape index (κ3) is 1.29. The molecule has 0 N–H and O–H groups in total. The van der Waals surface area contributed by atoms with Gasteiger partial charge in [0.25, 0.3) is 0 Å². The van der Waals surface area contributed by atoms with Crippen LogP contribution >= 0.6 is 31.9 Å². The van der Waals surface area contributed by atoms with E-state index in [9.17, 15) is 0 Å². The largest absolute Gasteiger partial charge is 0.0833 e. The zero-order valence-corrected chi connectivity index (χ0v) is 7.00. The molecule has 1 rings (SSSR count). The summed E-state index contributed by atoms with van der Waals surface area (Å²) in [7, 11) is 0. The number of hydrogen-bond donors (Lipinski definition) is 0. The SMILES string of the molecule is BrC1=CCCC1Br. The van der Waals surface area contributed by atoms with Gasteiger partial charge in [-0.3, -0.25) is 0 Å². The maximum atomic E-state index is 3.49. The highest BCUT2D eigenvalue weighted by molar-refractivity contribution is 9.14. The van der Waals surface area contributed by atoms with Gasteiger partial charge in [-0.25, -0.2) is 0 Å². The summed E-state index contributed by atoms with van der Waals surface area (Å²) < 4.78 is 1.31. The summed E-state index contributed by atoms with van der Waals surface area (Å²) in [5, 5.41) is 0. The molecule has 0 radical (unpaired) electrons. The van der Waals surface area contributed by atoms with Crippen LogP contribution in [0.3, 0.4) is 0 Å². The number of allylic oxidation sites excluding steroid dienone is 2. The van der Waals surface area contributed by atoms with Crippen molar-refractivity contribution in [2.75, 3.05) is 0 Å². The lowest BCUT2D eigenvalue weighted by molar-refractivity contribution is 0.952. The second kappa shape index (κ2) is 2.31. The van der Waals surface area contributed by atoms with Gasteiger partial charge in [0.2, 0.25) is 0 Å². The van der Waals surface area contributed by atoms with Crippen molar-refractivity contribution in [3.63, 3.8) is 0 Å². The summed E-state index contributed by atoms with van der Waals surface area (Å²) in [4.78, 5) is 0.604. The normalized spacial score (nSPS) is 30.6. The molecule has 1 aliphatic carbocycles. The zero-order valence-electron chi connectivity index (χ0n) is 3.82. The number of halogens is 2. The predicted molar refractivity (Wildman–Crippen MR) is 39.0 cm³/mol. The Hall–Kier alpha value is 0.700. The molecule has 0 aromatic rings. The van der Waals surface area contributed by atoms with Crippen LogP contribution in [0.4, 0.5) is 0 Å². The molecule has 0 spiro atoms. The van der Waals surface area contributed by atoms with Crippen LogP contribution in [0.5, 0.6) is 0 Å². The lowest BCUT2D eigenvalue weighted by Crippen LogP contribution is -1.86. The Labute approximate surface area is 60.2 Å². The highest BCUT2D eigenvalue weighted by atomic mass is 79.9. The molecule has 0 aromatic heterocycles. The number of alkyl halides is 1. The fourth-order valence-electron chi connectivity index (χ4n) is 0.633. The fourth-order valence-corrected chi connectivity index (χ4v) is 1.54.